The van der Waals surface area contributed by atoms with Crippen molar-refractivity contribution in [1.29, 1.82) is 0 Å². The van der Waals surface area contributed by atoms with Crippen LogP contribution < -0.4 is 10.1 Å². The highest BCUT2D eigenvalue weighted by Gasteiger charge is 2.35. The van der Waals surface area contributed by atoms with E-state index in [-0.39, 0.29) is 11.9 Å². The number of rotatable bonds is 4. The van der Waals surface area contributed by atoms with E-state index in [9.17, 15) is 4.79 Å². The van der Waals surface area contributed by atoms with Crippen LogP contribution in [0.15, 0.2) is 30.5 Å². The molecule has 5 rings (SSSR count). The summed E-state index contributed by atoms with van der Waals surface area (Å²) in [5, 5.41) is 3.72. The second-order valence-corrected chi connectivity index (χ2v) is 7.48. The van der Waals surface area contributed by atoms with Gasteiger partial charge in [-0.15, -0.1) is 11.3 Å². The first-order chi connectivity index (χ1) is 11.7. The van der Waals surface area contributed by atoms with Crippen LogP contribution in [0.4, 0.5) is 0 Å². The van der Waals surface area contributed by atoms with Crippen molar-refractivity contribution in [1.82, 2.24) is 15.2 Å². The van der Waals surface area contributed by atoms with Gasteiger partial charge in [0, 0.05) is 24.3 Å². The lowest BCUT2D eigenvalue weighted by atomic mass is 9.84. The summed E-state index contributed by atoms with van der Waals surface area (Å²) in [6, 6.07) is 8.07. The first-order valence-electron chi connectivity index (χ1n) is 8.37. The number of nitrogens with one attached hydrogen (secondary N) is 1. The molecule has 0 saturated carbocycles. The molecule has 0 aliphatic carbocycles. The zero-order valence-electron chi connectivity index (χ0n) is 13.7. The summed E-state index contributed by atoms with van der Waals surface area (Å²) in [6.45, 7) is 3.32. The molecule has 5 nitrogen and oxygen atoms in total. The fraction of sp³-hybridized carbons (Fsp3) is 0.444. The molecule has 3 fully saturated rings. The van der Waals surface area contributed by atoms with E-state index < -0.39 is 0 Å². The summed E-state index contributed by atoms with van der Waals surface area (Å²) >= 11 is 1.42. The average molecular weight is 343 g/mol. The molecular weight excluding hydrogens is 322 g/mol. The Morgan fingerprint density at radius 1 is 1.33 bits per heavy atom. The molecule has 4 heterocycles. The maximum absolute atomic E-state index is 12.6. The maximum atomic E-state index is 12.6. The van der Waals surface area contributed by atoms with Crippen LogP contribution in [0, 0.1) is 5.92 Å². The van der Waals surface area contributed by atoms with Crippen molar-refractivity contribution < 1.29 is 9.53 Å². The van der Waals surface area contributed by atoms with Crippen LogP contribution in [0.1, 0.15) is 22.6 Å². The number of piperidine rings is 3. The Bertz CT molecular complexity index is 737. The van der Waals surface area contributed by atoms with Gasteiger partial charge in [-0.2, -0.15) is 0 Å². The van der Waals surface area contributed by atoms with E-state index in [0.717, 1.165) is 22.7 Å². The topological polar surface area (TPSA) is 54.5 Å². The Hall–Kier alpha value is -1.92. The molecule has 1 amide bonds. The molecule has 2 aromatic rings. The lowest BCUT2D eigenvalue weighted by Crippen LogP contribution is -2.57. The van der Waals surface area contributed by atoms with E-state index in [1.54, 1.807) is 13.3 Å². The summed E-state index contributed by atoms with van der Waals surface area (Å²) in [5.74, 6) is 1.36. The monoisotopic (exact) mass is 343 g/mol. The van der Waals surface area contributed by atoms with Crippen LogP contribution in [-0.4, -0.2) is 48.6 Å². The van der Waals surface area contributed by atoms with Crippen molar-refractivity contribution in [3.05, 3.63) is 35.5 Å². The molecule has 0 spiro atoms. The molecule has 126 valence electrons. The first-order valence-corrected chi connectivity index (χ1v) is 9.18. The molecule has 2 bridgehead atoms. The van der Waals surface area contributed by atoms with E-state index >= 15 is 0 Å². The van der Waals surface area contributed by atoms with Crippen molar-refractivity contribution in [2.75, 3.05) is 26.7 Å². The van der Waals surface area contributed by atoms with Gasteiger partial charge in [-0.05, 0) is 44.0 Å². The van der Waals surface area contributed by atoms with E-state index in [0.29, 0.717) is 10.9 Å². The van der Waals surface area contributed by atoms with Crippen molar-refractivity contribution in [2.45, 2.75) is 18.9 Å². The average Bonchev–Trinajstić information content (AvgIpc) is 3.13. The number of thiazole rings is 1. The Morgan fingerprint density at radius 2 is 2.12 bits per heavy atom. The minimum atomic E-state index is -0.0557. The number of hydrogen-bond donors (Lipinski definition) is 1. The summed E-state index contributed by atoms with van der Waals surface area (Å²) in [5.41, 5.74) is 0.972. The Kier molecular flexibility index (Phi) is 4.24. The van der Waals surface area contributed by atoms with Crippen LogP contribution >= 0.6 is 11.3 Å². The highest BCUT2D eigenvalue weighted by atomic mass is 32.1. The smallest absolute Gasteiger partial charge is 0.280 e. The van der Waals surface area contributed by atoms with Crippen molar-refractivity contribution in [3.8, 4) is 16.2 Å². The molecular formula is C18H21N3O2S. The minimum absolute atomic E-state index is 0.0557. The lowest BCUT2D eigenvalue weighted by molar-refractivity contribution is 0.0620. The second kappa shape index (κ2) is 6.53. The highest BCUT2D eigenvalue weighted by Crippen LogP contribution is 2.34. The van der Waals surface area contributed by atoms with Gasteiger partial charge >= 0.3 is 0 Å². The summed E-state index contributed by atoms with van der Waals surface area (Å²) in [7, 11) is 1.65. The quantitative estimate of drug-likeness (QED) is 0.927. The highest BCUT2D eigenvalue weighted by molar-refractivity contribution is 7.17. The molecule has 3 aliphatic heterocycles. The number of carbonyl (C=O) groups excluding carboxylic acids is 1. The molecule has 1 aromatic heterocycles. The third-order valence-electron chi connectivity index (χ3n) is 5.05. The number of para-hydroxylation sites is 1. The van der Waals surface area contributed by atoms with Gasteiger partial charge in [0.15, 0.2) is 5.01 Å². The number of carbonyl (C=O) groups is 1. The number of hydrogen-bond acceptors (Lipinski definition) is 5. The number of nitrogens with zero attached hydrogens (tertiary/aromatic N) is 2. The van der Waals surface area contributed by atoms with Gasteiger partial charge in [0.05, 0.1) is 12.0 Å². The predicted octanol–water partition coefficient (Wildman–Crippen LogP) is 2.64. The Morgan fingerprint density at radius 3 is 2.83 bits per heavy atom. The van der Waals surface area contributed by atoms with Crippen molar-refractivity contribution in [2.24, 2.45) is 5.92 Å². The summed E-state index contributed by atoms with van der Waals surface area (Å²) < 4.78 is 5.40. The molecule has 1 aromatic carbocycles. The van der Waals surface area contributed by atoms with Crippen LogP contribution in [0.5, 0.6) is 5.75 Å². The van der Waals surface area contributed by atoms with Gasteiger partial charge in [-0.1, -0.05) is 12.1 Å². The van der Waals surface area contributed by atoms with Crippen LogP contribution in [-0.2, 0) is 0 Å². The fourth-order valence-corrected chi connectivity index (χ4v) is 4.56. The molecule has 0 radical (unpaired) electrons. The second-order valence-electron chi connectivity index (χ2n) is 6.45. The molecule has 1 N–H and O–H groups in total. The Labute approximate surface area is 145 Å². The van der Waals surface area contributed by atoms with Gasteiger partial charge < -0.3 is 15.0 Å². The third kappa shape index (κ3) is 2.91. The lowest BCUT2D eigenvalue weighted by Gasteiger charge is -2.44. The number of benzene rings is 1. The zero-order valence-corrected chi connectivity index (χ0v) is 14.5. The van der Waals surface area contributed by atoms with Crippen molar-refractivity contribution in [3.63, 3.8) is 0 Å². The van der Waals surface area contributed by atoms with E-state index in [2.05, 4.69) is 15.2 Å². The molecule has 1 atom stereocenters. The minimum Gasteiger partial charge on any atom is -0.496 e. The van der Waals surface area contributed by atoms with E-state index in [4.69, 9.17) is 4.74 Å². The third-order valence-corrected chi connectivity index (χ3v) is 6.07. The standard InChI is InChI=1S/C18H21N3O2S/c1-23-15-5-3-2-4-13(15)16-10-19-18(24-16)17(22)20-14-11-21-8-6-12(14)7-9-21/h2-5,10,12,14H,6-9,11H2,1H3,(H,20,22)/t14-/m0/s1. The van der Waals surface area contributed by atoms with E-state index in [1.807, 2.05) is 24.3 Å². The van der Waals surface area contributed by atoms with Gasteiger partial charge in [0.25, 0.3) is 5.91 Å². The molecule has 0 unspecified atom stereocenters. The molecule has 3 aliphatic rings. The van der Waals surface area contributed by atoms with Gasteiger partial charge in [-0.3, -0.25) is 4.79 Å². The van der Waals surface area contributed by atoms with Gasteiger partial charge in [-0.25, -0.2) is 4.98 Å². The van der Waals surface area contributed by atoms with E-state index in [1.165, 1.54) is 37.3 Å². The number of fused-ring (bicyclic) bond motifs is 3. The summed E-state index contributed by atoms with van der Waals surface area (Å²) in [4.78, 5) is 20.3. The predicted molar refractivity (Wildman–Crippen MR) is 94.5 cm³/mol. The zero-order chi connectivity index (χ0) is 16.5. The summed E-state index contributed by atoms with van der Waals surface area (Å²) in [6.07, 6.45) is 4.14. The maximum Gasteiger partial charge on any atom is 0.280 e. The number of aromatic nitrogens is 1. The number of ether oxygens (including phenoxy) is 1. The molecule has 3 saturated heterocycles. The van der Waals surface area contributed by atoms with Crippen molar-refractivity contribution >= 4 is 17.2 Å². The largest absolute Gasteiger partial charge is 0.496 e. The normalized spacial score (nSPS) is 25.5. The van der Waals surface area contributed by atoms with Crippen LogP contribution in [0.25, 0.3) is 10.4 Å². The fourth-order valence-electron chi connectivity index (χ4n) is 3.71. The number of amides is 1. The van der Waals surface area contributed by atoms with Gasteiger partial charge in [0.2, 0.25) is 0 Å². The first kappa shape index (κ1) is 15.6. The van der Waals surface area contributed by atoms with Gasteiger partial charge in [0.1, 0.15) is 5.75 Å². The van der Waals surface area contributed by atoms with Crippen LogP contribution in [0.3, 0.4) is 0 Å². The molecule has 24 heavy (non-hydrogen) atoms. The molecule has 6 heteroatoms. The number of methoxy groups -OCH3 is 1. The SMILES string of the molecule is COc1ccccc1-c1cnc(C(=O)N[C@H]2CN3CCC2CC3)s1. The Balaban J connectivity index is 1.49. The van der Waals surface area contributed by atoms with Crippen LogP contribution in [0.2, 0.25) is 0 Å².